The summed E-state index contributed by atoms with van der Waals surface area (Å²) in [5, 5.41) is 19.6. The lowest BCUT2D eigenvalue weighted by Crippen LogP contribution is -2.07. The van der Waals surface area contributed by atoms with E-state index >= 15 is 0 Å². The quantitative estimate of drug-likeness (QED) is 0.682. The van der Waals surface area contributed by atoms with Crippen molar-refractivity contribution in [3.63, 3.8) is 0 Å². The number of benzene rings is 2. The van der Waals surface area contributed by atoms with Crippen molar-refractivity contribution in [2.24, 2.45) is 0 Å². The molecule has 1 N–H and O–H groups in total. The molecule has 1 atom stereocenters. The Bertz CT molecular complexity index is 649. The number of aliphatic carboxylic acids is 1. The summed E-state index contributed by atoms with van der Waals surface area (Å²) >= 11 is 0. The Balaban J connectivity index is 2.35. The highest BCUT2D eigenvalue weighted by Crippen LogP contribution is 2.26. The molecule has 0 spiro atoms. The molecular weight excluding hydrogens is 258 g/mol. The maximum absolute atomic E-state index is 11.0. The minimum Gasteiger partial charge on any atom is -0.481 e. The number of nitro benzene ring substituents is 1. The maximum Gasteiger partial charge on any atom is 0.310 e. The summed E-state index contributed by atoms with van der Waals surface area (Å²) in [5.41, 5.74) is 2.39. The van der Waals surface area contributed by atoms with Crippen LogP contribution in [0.3, 0.4) is 0 Å². The third-order valence-electron chi connectivity index (χ3n) is 3.17. The number of rotatable bonds is 4. The van der Waals surface area contributed by atoms with Gasteiger partial charge in [0.05, 0.1) is 10.8 Å². The molecule has 0 radical (unpaired) electrons. The van der Waals surface area contributed by atoms with Gasteiger partial charge >= 0.3 is 5.97 Å². The Morgan fingerprint density at radius 3 is 2.35 bits per heavy atom. The van der Waals surface area contributed by atoms with Crippen LogP contribution in [0.15, 0.2) is 48.5 Å². The summed E-state index contributed by atoms with van der Waals surface area (Å²) < 4.78 is 0. The molecule has 0 saturated heterocycles. The standard InChI is InChI=1S/C15H13NO4/c1-10(15(17)18)12-3-2-4-13(9-12)11-5-7-14(8-6-11)16(19)20/h2-10H,1H3,(H,17,18). The minimum absolute atomic E-state index is 0.0313. The van der Waals surface area contributed by atoms with Gasteiger partial charge in [-0.3, -0.25) is 14.9 Å². The van der Waals surface area contributed by atoms with Crippen molar-refractivity contribution >= 4 is 11.7 Å². The van der Waals surface area contributed by atoms with Crippen LogP contribution in [0.25, 0.3) is 11.1 Å². The van der Waals surface area contributed by atoms with E-state index in [0.717, 1.165) is 11.1 Å². The zero-order chi connectivity index (χ0) is 14.7. The van der Waals surface area contributed by atoms with Gasteiger partial charge in [-0.1, -0.05) is 24.3 Å². The van der Waals surface area contributed by atoms with Gasteiger partial charge in [-0.05, 0) is 35.7 Å². The highest BCUT2D eigenvalue weighted by molar-refractivity contribution is 5.76. The van der Waals surface area contributed by atoms with E-state index in [-0.39, 0.29) is 5.69 Å². The lowest BCUT2D eigenvalue weighted by Gasteiger charge is -2.09. The molecule has 1 unspecified atom stereocenters. The second kappa shape index (κ2) is 5.52. The molecule has 0 bridgehead atoms. The normalized spacial score (nSPS) is 11.8. The molecule has 0 aliphatic heterocycles. The van der Waals surface area contributed by atoms with Gasteiger partial charge < -0.3 is 5.11 Å². The van der Waals surface area contributed by atoms with Gasteiger partial charge in [-0.2, -0.15) is 0 Å². The van der Waals surface area contributed by atoms with Gasteiger partial charge in [-0.15, -0.1) is 0 Å². The van der Waals surface area contributed by atoms with E-state index in [4.69, 9.17) is 5.11 Å². The Morgan fingerprint density at radius 2 is 1.80 bits per heavy atom. The summed E-state index contributed by atoms with van der Waals surface area (Å²) in [4.78, 5) is 21.1. The largest absolute Gasteiger partial charge is 0.481 e. The number of hydrogen-bond donors (Lipinski definition) is 1. The fraction of sp³-hybridized carbons (Fsp3) is 0.133. The summed E-state index contributed by atoms with van der Waals surface area (Å²) in [5.74, 6) is -1.47. The predicted octanol–water partition coefficient (Wildman–Crippen LogP) is 3.45. The van der Waals surface area contributed by atoms with E-state index in [1.54, 1.807) is 37.3 Å². The van der Waals surface area contributed by atoms with Crippen LogP contribution in [0, 0.1) is 10.1 Å². The van der Waals surface area contributed by atoms with Gasteiger partial charge in [0, 0.05) is 12.1 Å². The predicted molar refractivity (Wildman–Crippen MR) is 74.6 cm³/mol. The van der Waals surface area contributed by atoms with E-state index < -0.39 is 16.8 Å². The van der Waals surface area contributed by atoms with Crippen molar-refractivity contribution in [2.45, 2.75) is 12.8 Å². The lowest BCUT2D eigenvalue weighted by atomic mass is 9.96. The Morgan fingerprint density at radius 1 is 1.15 bits per heavy atom. The van der Waals surface area contributed by atoms with Gasteiger partial charge in [0.1, 0.15) is 0 Å². The fourth-order valence-electron chi connectivity index (χ4n) is 1.91. The van der Waals surface area contributed by atoms with Gasteiger partial charge in [-0.25, -0.2) is 0 Å². The molecule has 0 heterocycles. The topological polar surface area (TPSA) is 80.4 Å². The van der Waals surface area contributed by atoms with Crippen LogP contribution in [-0.4, -0.2) is 16.0 Å². The third kappa shape index (κ3) is 2.83. The number of carboxylic acids is 1. The van der Waals surface area contributed by atoms with Crippen molar-refractivity contribution in [1.29, 1.82) is 0 Å². The van der Waals surface area contributed by atoms with Crippen LogP contribution >= 0.6 is 0 Å². The Labute approximate surface area is 115 Å². The number of carboxylic acid groups (broad SMARTS) is 1. The number of non-ortho nitro benzene ring substituents is 1. The summed E-state index contributed by atoms with van der Waals surface area (Å²) in [6.07, 6.45) is 0. The molecule has 0 aliphatic rings. The fourth-order valence-corrected chi connectivity index (χ4v) is 1.91. The van der Waals surface area contributed by atoms with E-state index in [9.17, 15) is 14.9 Å². The minimum atomic E-state index is -0.883. The summed E-state index contributed by atoms with van der Waals surface area (Å²) in [7, 11) is 0. The first kappa shape index (κ1) is 13.7. The van der Waals surface area contributed by atoms with Crippen molar-refractivity contribution in [3.8, 4) is 11.1 Å². The molecule has 0 fully saturated rings. The zero-order valence-electron chi connectivity index (χ0n) is 10.8. The van der Waals surface area contributed by atoms with Crippen molar-refractivity contribution < 1.29 is 14.8 Å². The van der Waals surface area contributed by atoms with Crippen LogP contribution < -0.4 is 0 Å². The van der Waals surface area contributed by atoms with Crippen LogP contribution in [0.5, 0.6) is 0 Å². The zero-order valence-corrected chi connectivity index (χ0v) is 10.8. The first-order valence-corrected chi connectivity index (χ1v) is 6.06. The van der Waals surface area contributed by atoms with Crippen molar-refractivity contribution in [1.82, 2.24) is 0 Å². The molecule has 2 rings (SSSR count). The third-order valence-corrected chi connectivity index (χ3v) is 3.17. The molecule has 0 aromatic heterocycles. The molecule has 0 amide bonds. The highest BCUT2D eigenvalue weighted by atomic mass is 16.6. The van der Waals surface area contributed by atoms with Gasteiger partial charge in [0.25, 0.3) is 5.69 Å². The van der Waals surface area contributed by atoms with Crippen molar-refractivity contribution in [2.75, 3.05) is 0 Å². The monoisotopic (exact) mass is 271 g/mol. The number of nitro groups is 1. The molecule has 2 aromatic carbocycles. The van der Waals surface area contributed by atoms with Crippen LogP contribution in [0.1, 0.15) is 18.4 Å². The first-order chi connectivity index (χ1) is 9.49. The maximum atomic E-state index is 11.0. The molecular formula is C15H13NO4. The number of hydrogen-bond acceptors (Lipinski definition) is 3. The molecule has 5 nitrogen and oxygen atoms in total. The molecule has 2 aromatic rings. The van der Waals surface area contributed by atoms with E-state index in [1.165, 1.54) is 12.1 Å². The highest BCUT2D eigenvalue weighted by Gasteiger charge is 2.14. The SMILES string of the molecule is CC(C(=O)O)c1cccc(-c2ccc([N+](=O)[O-])cc2)c1. The molecule has 5 heteroatoms. The summed E-state index contributed by atoms with van der Waals surface area (Å²) in [6.45, 7) is 1.62. The van der Waals surface area contributed by atoms with E-state index in [1.807, 2.05) is 6.07 Å². The lowest BCUT2D eigenvalue weighted by molar-refractivity contribution is -0.384. The van der Waals surface area contributed by atoms with Crippen molar-refractivity contribution in [3.05, 3.63) is 64.2 Å². The second-order valence-corrected chi connectivity index (χ2v) is 4.49. The Hall–Kier alpha value is -2.69. The number of nitrogens with zero attached hydrogens (tertiary/aromatic N) is 1. The van der Waals surface area contributed by atoms with Crippen LogP contribution in [0.4, 0.5) is 5.69 Å². The second-order valence-electron chi connectivity index (χ2n) is 4.49. The molecule has 0 aliphatic carbocycles. The molecule has 102 valence electrons. The average Bonchev–Trinajstić information content (AvgIpc) is 2.46. The Kier molecular flexibility index (Phi) is 3.79. The van der Waals surface area contributed by atoms with Crippen LogP contribution in [0.2, 0.25) is 0 Å². The van der Waals surface area contributed by atoms with E-state index in [2.05, 4.69) is 0 Å². The molecule has 0 saturated carbocycles. The average molecular weight is 271 g/mol. The summed E-state index contributed by atoms with van der Waals surface area (Å²) in [6, 6.07) is 13.4. The molecule has 20 heavy (non-hydrogen) atoms. The van der Waals surface area contributed by atoms with Crippen LogP contribution in [-0.2, 0) is 4.79 Å². The number of carbonyl (C=O) groups is 1. The van der Waals surface area contributed by atoms with Gasteiger partial charge in [0.15, 0.2) is 0 Å². The van der Waals surface area contributed by atoms with E-state index in [0.29, 0.717) is 5.56 Å². The first-order valence-electron chi connectivity index (χ1n) is 6.06. The van der Waals surface area contributed by atoms with Gasteiger partial charge in [0.2, 0.25) is 0 Å². The smallest absolute Gasteiger partial charge is 0.310 e.